The summed E-state index contributed by atoms with van der Waals surface area (Å²) in [4.78, 5) is 14.0. The molecule has 3 atom stereocenters. The summed E-state index contributed by atoms with van der Waals surface area (Å²) in [6.45, 7) is 1.65. The molecule has 2 aliphatic rings. The maximum Gasteiger partial charge on any atom is 0.133 e. The van der Waals surface area contributed by atoms with E-state index in [9.17, 15) is 9.18 Å². The van der Waals surface area contributed by atoms with E-state index in [4.69, 9.17) is 4.74 Å². The highest BCUT2D eigenvalue weighted by Gasteiger charge is 2.52. The zero-order valence-electron chi connectivity index (χ0n) is 14.1. The van der Waals surface area contributed by atoms with Crippen molar-refractivity contribution < 1.29 is 13.9 Å². The third kappa shape index (κ3) is 3.33. The van der Waals surface area contributed by atoms with Crippen LogP contribution in [0.4, 0.5) is 4.39 Å². The molecule has 4 heteroatoms. The van der Waals surface area contributed by atoms with E-state index in [1.54, 1.807) is 0 Å². The Bertz CT molecular complexity index is 557. The summed E-state index contributed by atoms with van der Waals surface area (Å²) in [5, 5.41) is 0. The molecule has 0 aromatic heterocycles. The summed E-state index contributed by atoms with van der Waals surface area (Å²) in [6, 6.07) is 6.77. The van der Waals surface area contributed by atoms with E-state index in [0.29, 0.717) is 37.1 Å². The number of halogens is 1. The number of Topliss-reactive ketones (excluding diaryl/α,β-unsaturated/α-hetero) is 1. The van der Waals surface area contributed by atoms with Crippen molar-refractivity contribution >= 4 is 5.78 Å². The van der Waals surface area contributed by atoms with Crippen LogP contribution in [0.5, 0.6) is 0 Å². The van der Waals surface area contributed by atoms with E-state index in [1.807, 2.05) is 12.1 Å². The van der Waals surface area contributed by atoms with Gasteiger partial charge in [0.15, 0.2) is 0 Å². The van der Waals surface area contributed by atoms with E-state index in [-0.39, 0.29) is 11.4 Å². The standard InChI is InChI=1S/C19H26FNO2/c1-21(2)11-3-10-19(15-4-6-16(20)7-5-15)18-9-8-17(22)12-14(18)13-23-19/h4-7,14,18H,3,8-13H2,1-2H3. The zero-order valence-corrected chi connectivity index (χ0v) is 14.1. The van der Waals surface area contributed by atoms with E-state index in [2.05, 4.69) is 19.0 Å². The molecule has 3 nitrogen and oxygen atoms in total. The van der Waals surface area contributed by atoms with Crippen LogP contribution in [0.15, 0.2) is 24.3 Å². The summed E-state index contributed by atoms with van der Waals surface area (Å²) in [7, 11) is 4.14. The Morgan fingerprint density at radius 1 is 1.30 bits per heavy atom. The average Bonchev–Trinajstić information content (AvgIpc) is 2.87. The molecule has 1 heterocycles. The number of fused-ring (bicyclic) bond motifs is 1. The van der Waals surface area contributed by atoms with Crippen LogP contribution in [-0.4, -0.2) is 37.9 Å². The lowest BCUT2D eigenvalue weighted by Gasteiger charge is -2.38. The van der Waals surface area contributed by atoms with Crippen molar-refractivity contribution in [1.29, 1.82) is 0 Å². The molecule has 0 bridgehead atoms. The van der Waals surface area contributed by atoms with Crippen LogP contribution in [0.25, 0.3) is 0 Å². The van der Waals surface area contributed by atoms with Gasteiger partial charge in [-0.15, -0.1) is 0 Å². The third-order valence-electron chi connectivity index (χ3n) is 5.43. The Labute approximate surface area is 137 Å². The van der Waals surface area contributed by atoms with Crippen molar-refractivity contribution in [2.75, 3.05) is 27.2 Å². The van der Waals surface area contributed by atoms with Crippen molar-refractivity contribution in [3.8, 4) is 0 Å². The lowest BCUT2D eigenvalue weighted by molar-refractivity contribution is -0.122. The van der Waals surface area contributed by atoms with Gasteiger partial charge in [-0.3, -0.25) is 4.79 Å². The van der Waals surface area contributed by atoms with Crippen LogP contribution in [0.1, 0.15) is 37.7 Å². The van der Waals surface area contributed by atoms with Gasteiger partial charge >= 0.3 is 0 Å². The molecule has 0 amide bonds. The second-order valence-electron chi connectivity index (χ2n) is 7.26. The van der Waals surface area contributed by atoms with E-state index in [0.717, 1.165) is 31.4 Å². The Morgan fingerprint density at radius 2 is 2.04 bits per heavy atom. The highest BCUT2D eigenvalue weighted by molar-refractivity contribution is 5.79. The molecule has 1 aliphatic carbocycles. The van der Waals surface area contributed by atoms with Crippen LogP contribution in [-0.2, 0) is 15.1 Å². The highest BCUT2D eigenvalue weighted by Crippen LogP contribution is 2.52. The largest absolute Gasteiger partial charge is 0.370 e. The van der Waals surface area contributed by atoms with Crippen LogP contribution < -0.4 is 0 Å². The molecule has 3 rings (SSSR count). The van der Waals surface area contributed by atoms with E-state index < -0.39 is 0 Å². The molecule has 1 aliphatic heterocycles. The Balaban J connectivity index is 1.87. The van der Waals surface area contributed by atoms with Gasteiger partial charge in [0.2, 0.25) is 0 Å². The molecule has 1 saturated heterocycles. The Kier molecular flexibility index (Phi) is 4.83. The fraction of sp³-hybridized carbons (Fsp3) is 0.632. The lowest BCUT2D eigenvalue weighted by Crippen LogP contribution is -2.38. The summed E-state index contributed by atoms with van der Waals surface area (Å²) in [6.07, 6.45) is 4.14. The van der Waals surface area contributed by atoms with Crippen LogP contribution in [0.3, 0.4) is 0 Å². The molecule has 126 valence electrons. The smallest absolute Gasteiger partial charge is 0.133 e. The normalized spacial score (nSPS) is 30.7. The number of benzene rings is 1. The van der Waals surface area contributed by atoms with Gasteiger partial charge < -0.3 is 9.64 Å². The minimum atomic E-state index is -0.352. The molecule has 1 saturated carbocycles. The number of hydrogen-bond donors (Lipinski definition) is 0. The minimum absolute atomic E-state index is 0.217. The molecule has 23 heavy (non-hydrogen) atoms. The monoisotopic (exact) mass is 319 g/mol. The molecule has 0 N–H and O–H groups in total. The van der Waals surface area contributed by atoms with E-state index in [1.165, 1.54) is 12.1 Å². The lowest BCUT2D eigenvalue weighted by atomic mass is 9.68. The van der Waals surface area contributed by atoms with E-state index >= 15 is 0 Å². The van der Waals surface area contributed by atoms with Crippen LogP contribution in [0.2, 0.25) is 0 Å². The first kappa shape index (κ1) is 16.6. The number of carbonyl (C=O) groups is 1. The van der Waals surface area contributed by atoms with Gasteiger partial charge in [-0.25, -0.2) is 4.39 Å². The van der Waals surface area contributed by atoms with Crippen molar-refractivity contribution in [1.82, 2.24) is 4.90 Å². The first-order valence-corrected chi connectivity index (χ1v) is 8.58. The van der Waals surface area contributed by atoms with Crippen molar-refractivity contribution in [3.05, 3.63) is 35.6 Å². The maximum absolute atomic E-state index is 13.3. The van der Waals surface area contributed by atoms with Gasteiger partial charge in [0.1, 0.15) is 11.6 Å². The summed E-state index contributed by atoms with van der Waals surface area (Å²) in [5.41, 5.74) is 0.717. The molecular formula is C19H26FNO2. The summed E-state index contributed by atoms with van der Waals surface area (Å²) in [5.74, 6) is 0.831. The fourth-order valence-corrected chi connectivity index (χ4v) is 4.33. The molecule has 2 fully saturated rings. The molecule has 0 spiro atoms. The highest BCUT2D eigenvalue weighted by atomic mass is 19.1. The van der Waals surface area contributed by atoms with Gasteiger partial charge in [0.25, 0.3) is 0 Å². The summed E-state index contributed by atoms with van der Waals surface area (Å²) >= 11 is 0. The number of rotatable bonds is 5. The summed E-state index contributed by atoms with van der Waals surface area (Å²) < 4.78 is 19.7. The molecule has 3 unspecified atom stereocenters. The first-order valence-electron chi connectivity index (χ1n) is 8.58. The number of carbonyl (C=O) groups excluding carboxylic acids is 1. The molecule has 1 aromatic carbocycles. The Hall–Kier alpha value is -1.26. The molecule has 1 aromatic rings. The maximum atomic E-state index is 13.3. The number of hydrogen-bond acceptors (Lipinski definition) is 3. The van der Waals surface area contributed by atoms with Crippen molar-refractivity contribution in [2.45, 2.75) is 37.7 Å². The fourth-order valence-electron chi connectivity index (χ4n) is 4.33. The number of ether oxygens (including phenoxy) is 1. The second-order valence-corrected chi connectivity index (χ2v) is 7.26. The minimum Gasteiger partial charge on any atom is -0.370 e. The molecule has 0 radical (unpaired) electrons. The van der Waals surface area contributed by atoms with Crippen LogP contribution in [0, 0.1) is 17.7 Å². The topological polar surface area (TPSA) is 29.5 Å². The number of ketones is 1. The quantitative estimate of drug-likeness (QED) is 0.833. The zero-order chi connectivity index (χ0) is 16.4. The SMILES string of the molecule is CN(C)CCCC1(c2ccc(F)cc2)OCC2CC(=O)CCC21. The predicted octanol–water partition coefficient (Wildman–Crippen LogP) is 3.38. The van der Waals surface area contributed by atoms with Gasteiger partial charge in [0.05, 0.1) is 12.2 Å². The molecular weight excluding hydrogens is 293 g/mol. The van der Waals surface area contributed by atoms with Gasteiger partial charge in [-0.1, -0.05) is 12.1 Å². The van der Waals surface area contributed by atoms with Gasteiger partial charge in [0, 0.05) is 12.8 Å². The number of nitrogens with zero attached hydrogens (tertiary/aromatic N) is 1. The second kappa shape index (κ2) is 6.70. The van der Waals surface area contributed by atoms with Gasteiger partial charge in [-0.2, -0.15) is 0 Å². The average molecular weight is 319 g/mol. The van der Waals surface area contributed by atoms with Crippen molar-refractivity contribution in [3.63, 3.8) is 0 Å². The third-order valence-corrected chi connectivity index (χ3v) is 5.43. The van der Waals surface area contributed by atoms with Gasteiger partial charge in [-0.05, 0) is 69.4 Å². The Morgan fingerprint density at radius 3 is 2.74 bits per heavy atom. The predicted molar refractivity (Wildman–Crippen MR) is 87.7 cm³/mol. The van der Waals surface area contributed by atoms with Crippen LogP contribution >= 0.6 is 0 Å². The van der Waals surface area contributed by atoms with Crippen molar-refractivity contribution in [2.24, 2.45) is 11.8 Å². The first-order chi connectivity index (χ1) is 11.0.